The molecule has 0 aliphatic carbocycles. The molecule has 0 atom stereocenters. The first kappa shape index (κ1) is 21.5. The minimum absolute atomic E-state index is 0.0583. The minimum Gasteiger partial charge on any atom is -0.345 e. The second-order valence-corrected chi connectivity index (χ2v) is 10.7. The first-order valence-electron chi connectivity index (χ1n) is 11.1. The van der Waals surface area contributed by atoms with Crippen molar-refractivity contribution in [1.29, 1.82) is 0 Å². The van der Waals surface area contributed by atoms with E-state index in [1.165, 1.54) is 0 Å². The third-order valence-electron chi connectivity index (χ3n) is 6.29. The summed E-state index contributed by atoms with van der Waals surface area (Å²) < 4.78 is 1.14. The van der Waals surface area contributed by atoms with Crippen molar-refractivity contribution >= 4 is 66.4 Å². The van der Waals surface area contributed by atoms with E-state index in [2.05, 4.69) is 4.90 Å². The van der Waals surface area contributed by atoms with Crippen LogP contribution in [0.4, 0.5) is 5.13 Å². The van der Waals surface area contributed by atoms with Crippen molar-refractivity contribution in [2.45, 2.75) is 6.92 Å². The average molecular weight is 505 g/mol. The van der Waals surface area contributed by atoms with E-state index in [-0.39, 0.29) is 5.91 Å². The molecule has 0 radical (unpaired) electrons. The van der Waals surface area contributed by atoms with Gasteiger partial charge in [0.15, 0.2) is 5.13 Å². The Balaban J connectivity index is 1.26. The highest BCUT2D eigenvalue weighted by atomic mass is 35.5. The lowest BCUT2D eigenvalue weighted by Gasteiger charge is -2.34. The quantitative estimate of drug-likeness (QED) is 0.281. The molecule has 34 heavy (non-hydrogen) atoms. The first-order chi connectivity index (χ1) is 16.6. The van der Waals surface area contributed by atoms with E-state index in [1.54, 1.807) is 22.7 Å². The highest BCUT2D eigenvalue weighted by molar-refractivity contribution is 7.22. The number of anilines is 1. The lowest BCUT2D eigenvalue weighted by molar-refractivity contribution is 0.0748. The number of fused-ring (bicyclic) bond motifs is 2. The number of thiazole rings is 1. The maximum absolute atomic E-state index is 13.7. The van der Waals surface area contributed by atoms with Crippen molar-refractivity contribution in [2.75, 3.05) is 31.1 Å². The molecule has 170 valence electrons. The Labute approximate surface area is 210 Å². The van der Waals surface area contributed by atoms with Crippen LogP contribution in [-0.2, 0) is 0 Å². The van der Waals surface area contributed by atoms with Crippen LogP contribution in [-0.4, -0.2) is 47.0 Å². The second-order valence-electron chi connectivity index (χ2n) is 8.34. The van der Waals surface area contributed by atoms with Crippen molar-refractivity contribution in [3.8, 4) is 10.6 Å². The van der Waals surface area contributed by atoms with E-state index in [0.717, 1.165) is 60.5 Å². The number of hydrogen-bond acceptors (Lipinski definition) is 6. The summed E-state index contributed by atoms with van der Waals surface area (Å²) in [4.78, 5) is 28.6. The third-order valence-corrected chi connectivity index (χ3v) is 8.68. The van der Waals surface area contributed by atoms with Gasteiger partial charge in [0, 0.05) is 36.6 Å². The predicted octanol–water partition coefficient (Wildman–Crippen LogP) is 6.50. The maximum atomic E-state index is 13.7. The highest BCUT2D eigenvalue weighted by Gasteiger charge is 2.26. The number of aryl methyl sites for hydroxylation is 1. The maximum Gasteiger partial charge on any atom is 0.254 e. The van der Waals surface area contributed by atoms with Crippen LogP contribution < -0.4 is 4.90 Å². The number of para-hydroxylation sites is 1. The molecule has 1 fully saturated rings. The highest BCUT2D eigenvalue weighted by Crippen LogP contribution is 2.34. The molecular weight excluding hydrogens is 484 g/mol. The summed E-state index contributed by atoms with van der Waals surface area (Å²) in [5.74, 6) is 0.0583. The van der Waals surface area contributed by atoms with Crippen LogP contribution >= 0.6 is 34.3 Å². The van der Waals surface area contributed by atoms with E-state index in [1.807, 2.05) is 71.8 Å². The standard InChI is InChI=1S/C26H21ClN4OS2/c1-16-19(27)8-9-23-24(16)29-26(34-23)31-12-10-30(11-13-31)25(32)18-15-21(22-7-4-14-33-22)28-20-6-3-2-5-17(18)20/h2-9,14-15H,10-13H2,1H3. The number of rotatable bonds is 3. The fourth-order valence-electron chi connectivity index (χ4n) is 4.40. The molecule has 1 aliphatic heterocycles. The SMILES string of the molecule is Cc1c(Cl)ccc2sc(N3CCN(C(=O)c4cc(-c5cccs5)nc5ccccc45)CC3)nc12. The van der Waals surface area contributed by atoms with Gasteiger partial charge in [-0.15, -0.1) is 11.3 Å². The van der Waals surface area contributed by atoms with Crippen LogP contribution in [0.15, 0.2) is 60.0 Å². The molecule has 8 heteroatoms. The Morgan fingerprint density at radius 2 is 1.82 bits per heavy atom. The topological polar surface area (TPSA) is 49.3 Å². The number of amides is 1. The molecule has 1 saturated heterocycles. The van der Waals surface area contributed by atoms with Crippen molar-refractivity contribution in [3.63, 3.8) is 0 Å². The van der Waals surface area contributed by atoms with Crippen LogP contribution in [0.1, 0.15) is 15.9 Å². The normalized spacial score (nSPS) is 14.3. The Bertz CT molecular complexity index is 1520. The zero-order chi connectivity index (χ0) is 23.2. The monoisotopic (exact) mass is 504 g/mol. The summed E-state index contributed by atoms with van der Waals surface area (Å²) in [6.07, 6.45) is 0. The van der Waals surface area contributed by atoms with Crippen LogP contribution in [0.3, 0.4) is 0 Å². The summed E-state index contributed by atoms with van der Waals surface area (Å²) >= 11 is 9.60. The summed E-state index contributed by atoms with van der Waals surface area (Å²) in [5, 5.41) is 4.66. The molecule has 0 N–H and O–H groups in total. The molecule has 2 aromatic carbocycles. The number of halogens is 1. The second kappa shape index (κ2) is 8.65. The van der Waals surface area contributed by atoms with Gasteiger partial charge in [-0.1, -0.05) is 47.2 Å². The first-order valence-corrected chi connectivity index (χ1v) is 13.2. The van der Waals surface area contributed by atoms with Gasteiger partial charge < -0.3 is 9.80 Å². The van der Waals surface area contributed by atoms with Gasteiger partial charge in [0.2, 0.25) is 0 Å². The molecule has 5 aromatic rings. The van der Waals surface area contributed by atoms with Gasteiger partial charge in [0.1, 0.15) is 0 Å². The molecule has 5 nitrogen and oxygen atoms in total. The zero-order valence-corrected chi connectivity index (χ0v) is 20.9. The Kier molecular flexibility index (Phi) is 5.48. The predicted molar refractivity (Wildman–Crippen MR) is 143 cm³/mol. The molecule has 3 aromatic heterocycles. The van der Waals surface area contributed by atoms with Crippen molar-refractivity contribution < 1.29 is 4.79 Å². The lowest BCUT2D eigenvalue weighted by atomic mass is 10.1. The fraction of sp³-hybridized carbons (Fsp3) is 0.192. The fourth-order valence-corrected chi connectivity index (χ4v) is 6.31. The number of thiophene rings is 1. The minimum atomic E-state index is 0.0583. The van der Waals surface area contributed by atoms with Crippen molar-refractivity contribution in [2.24, 2.45) is 0 Å². The number of carbonyl (C=O) groups is 1. The summed E-state index contributed by atoms with van der Waals surface area (Å²) in [6.45, 7) is 4.81. The number of carbonyl (C=O) groups excluding carboxylic acids is 1. The number of piperazine rings is 1. The van der Waals surface area contributed by atoms with Crippen LogP contribution in [0.2, 0.25) is 5.02 Å². The summed E-state index contributed by atoms with van der Waals surface area (Å²) in [5.41, 5.74) is 4.39. The Hall–Kier alpha value is -3.00. The third kappa shape index (κ3) is 3.74. The summed E-state index contributed by atoms with van der Waals surface area (Å²) in [7, 11) is 0. The van der Waals surface area contributed by atoms with Gasteiger partial charge in [-0.25, -0.2) is 9.97 Å². The average Bonchev–Trinajstić information content (AvgIpc) is 3.56. The molecule has 6 rings (SSSR count). The van der Waals surface area contributed by atoms with E-state index < -0.39 is 0 Å². The van der Waals surface area contributed by atoms with Gasteiger partial charge in [0.05, 0.1) is 31.9 Å². The van der Waals surface area contributed by atoms with Gasteiger partial charge in [-0.2, -0.15) is 0 Å². The van der Waals surface area contributed by atoms with Gasteiger partial charge in [-0.05, 0) is 48.2 Å². The molecule has 0 bridgehead atoms. The number of nitrogens with zero attached hydrogens (tertiary/aromatic N) is 4. The summed E-state index contributed by atoms with van der Waals surface area (Å²) in [6, 6.07) is 17.9. The van der Waals surface area contributed by atoms with Gasteiger partial charge >= 0.3 is 0 Å². The molecule has 0 unspecified atom stereocenters. The van der Waals surface area contributed by atoms with E-state index >= 15 is 0 Å². The largest absolute Gasteiger partial charge is 0.345 e. The lowest BCUT2D eigenvalue weighted by Crippen LogP contribution is -2.48. The Morgan fingerprint density at radius 3 is 2.62 bits per heavy atom. The molecule has 4 heterocycles. The Morgan fingerprint density at radius 1 is 1.00 bits per heavy atom. The number of pyridine rings is 1. The van der Waals surface area contributed by atoms with Crippen molar-refractivity contribution in [3.05, 3.63) is 76.1 Å². The molecule has 0 spiro atoms. The molecule has 0 saturated carbocycles. The number of benzene rings is 2. The van der Waals surface area contributed by atoms with Crippen LogP contribution in [0.5, 0.6) is 0 Å². The van der Waals surface area contributed by atoms with E-state index in [0.29, 0.717) is 18.7 Å². The van der Waals surface area contributed by atoms with Crippen LogP contribution in [0, 0.1) is 6.92 Å². The van der Waals surface area contributed by atoms with E-state index in [4.69, 9.17) is 21.6 Å². The number of aromatic nitrogens is 2. The molecule has 1 amide bonds. The van der Waals surface area contributed by atoms with Crippen LogP contribution in [0.25, 0.3) is 31.7 Å². The number of hydrogen-bond donors (Lipinski definition) is 0. The smallest absolute Gasteiger partial charge is 0.254 e. The van der Waals surface area contributed by atoms with Gasteiger partial charge in [0.25, 0.3) is 5.91 Å². The van der Waals surface area contributed by atoms with Crippen molar-refractivity contribution in [1.82, 2.24) is 14.9 Å². The van der Waals surface area contributed by atoms with E-state index in [9.17, 15) is 4.79 Å². The van der Waals surface area contributed by atoms with Gasteiger partial charge in [-0.3, -0.25) is 4.79 Å². The molecular formula is C26H21ClN4OS2. The molecule has 1 aliphatic rings. The zero-order valence-electron chi connectivity index (χ0n) is 18.5.